The number of aliphatic hydroxyl groups is 1. The van der Waals surface area contributed by atoms with Gasteiger partial charge in [0.1, 0.15) is 24.5 Å². The summed E-state index contributed by atoms with van der Waals surface area (Å²) < 4.78 is 16.3. The maximum atomic E-state index is 12.4. The minimum atomic E-state index is -0.983. The van der Waals surface area contributed by atoms with E-state index in [-0.39, 0.29) is 37.7 Å². The lowest BCUT2D eigenvalue weighted by atomic mass is 10.2. The highest BCUT2D eigenvalue weighted by molar-refractivity contribution is 5.89. The highest BCUT2D eigenvalue weighted by Crippen LogP contribution is 2.44. The summed E-state index contributed by atoms with van der Waals surface area (Å²) in [7, 11) is 0. The monoisotopic (exact) mass is 488 g/mol. The van der Waals surface area contributed by atoms with Crippen LogP contribution in [0.1, 0.15) is 47.0 Å². The second-order valence-electron chi connectivity index (χ2n) is 8.34. The van der Waals surface area contributed by atoms with E-state index in [2.05, 4.69) is 21.7 Å². The van der Waals surface area contributed by atoms with Crippen LogP contribution in [0.2, 0.25) is 0 Å². The van der Waals surface area contributed by atoms with E-state index < -0.39 is 12.1 Å². The second-order valence-corrected chi connectivity index (χ2v) is 8.34. The molecule has 2 heterocycles. The van der Waals surface area contributed by atoms with E-state index in [1.807, 2.05) is 36.4 Å². The molecule has 0 amide bonds. The molecule has 4 rings (SSSR count). The molecule has 1 aliphatic rings. The molecule has 0 aliphatic carbocycles. The van der Waals surface area contributed by atoms with Crippen LogP contribution >= 0.6 is 0 Å². The summed E-state index contributed by atoms with van der Waals surface area (Å²) in [6.45, 7) is 2.81. The van der Waals surface area contributed by atoms with Gasteiger partial charge in [-0.15, -0.1) is 0 Å². The van der Waals surface area contributed by atoms with Gasteiger partial charge in [-0.3, -0.25) is 4.90 Å². The molecule has 4 atom stereocenters. The second kappa shape index (κ2) is 12.2. The van der Waals surface area contributed by atoms with Gasteiger partial charge in [-0.05, 0) is 31.0 Å². The Morgan fingerprint density at radius 2 is 1.83 bits per heavy atom. The average molecular weight is 489 g/mol. The molecule has 2 aromatic carbocycles. The zero-order valence-corrected chi connectivity index (χ0v) is 20.0. The van der Waals surface area contributed by atoms with E-state index in [0.29, 0.717) is 30.2 Å². The topological polar surface area (TPSA) is 102 Å². The summed E-state index contributed by atoms with van der Waals surface area (Å²) in [5.74, 6) is 4.85. The summed E-state index contributed by atoms with van der Waals surface area (Å²) in [6.07, 6.45) is 1.35. The van der Waals surface area contributed by atoms with Gasteiger partial charge in [-0.25, -0.2) is 14.6 Å². The fourth-order valence-electron chi connectivity index (χ4n) is 3.89. The van der Waals surface area contributed by atoms with E-state index in [1.54, 1.807) is 37.4 Å². The Hall–Kier alpha value is -3.93. The van der Waals surface area contributed by atoms with Gasteiger partial charge >= 0.3 is 11.9 Å². The molecule has 2 unspecified atom stereocenters. The summed E-state index contributed by atoms with van der Waals surface area (Å²) >= 11 is 0. The van der Waals surface area contributed by atoms with Crippen molar-refractivity contribution in [3.8, 4) is 11.8 Å². The van der Waals surface area contributed by atoms with Crippen molar-refractivity contribution in [3.05, 3.63) is 89.6 Å². The standard InChI is InChI=1S/C28H28N2O6/c1-2-34-25(32)16-14-22(31)13-15-23-17-29-27(36-23)26-24(30(26)18-20-9-5-3-6-10-20)19-35-28(33)21-11-7-4-8-12-21/h3-12,17,22,24,26,31H,2,13,15,18-19H2,1H3/t22?,24-,26-,30?/m0/s1. The van der Waals surface area contributed by atoms with Crippen molar-refractivity contribution in [2.45, 2.75) is 44.5 Å². The maximum absolute atomic E-state index is 12.4. The van der Waals surface area contributed by atoms with E-state index >= 15 is 0 Å². The Morgan fingerprint density at radius 1 is 1.11 bits per heavy atom. The van der Waals surface area contributed by atoms with Gasteiger partial charge in [0.2, 0.25) is 5.89 Å². The average Bonchev–Trinajstić information content (AvgIpc) is 3.36. The summed E-state index contributed by atoms with van der Waals surface area (Å²) in [4.78, 5) is 30.3. The molecule has 3 aromatic rings. The van der Waals surface area contributed by atoms with Gasteiger partial charge in [0, 0.05) is 18.9 Å². The third kappa shape index (κ3) is 6.81. The van der Waals surface area contributed by atoms with Crippen molar-refractivity contribution >= 4 is 11.9 Å². The lowest BCUT2D eigenvalue weighted by Gasteiger charge is -2.05. The lowest BCUT2D eigenvalue weighted by Crippen LogP contribution is -2.13. The normalized spacial score (nSPS) is 19.0. The van der Waals surface area contributed by atoms with Crippen molar-refractivity contribution in [2.75, 3.05) is 13.2 Å². The smallest absolute Gasteiger partial charge is 0.384 e. The maximum Gasteiger partial charge on any atom is 0.384 e. The number of carbonyl (C=O) groups is 2. The largest absolute Gasteiger partial charge is 0.460 e. The Morgan fingerprint density at radius 3 is 2.56 bits per heavy atom. The first-order chi connectivity index (χ1) is 17.5. The number of esters is 2. The number of aromatic nitrogens is 1. The number of carbonyl (C=O) groups excluding carboxylic acids is 2. The number of ether oxygens (including phenoxy) is 2. The number of aryl methyl sites for hydroxylation is 1. The molecule has 36 heavy (non-hydrogen) atoms. The Kier molecular flexibility index (Phi) is 8.50. The van der Waals surface area contributed by atoms with Crippen molar-refractivity contribution in [1.82, 2.24) is 9.88 Å². The van der Waals surface area contributed by atoms with E-state index in [4.69, 9.17) is 13.9 Å². The van der Waals surface area contributed by atoms with Crippen LogP contribution < -0.4 is 0 Å². The fraction of sp³-hybridized carbons (Fsp3) is 0.321. The zero-order chi connectivity index (χ0) is 25.3. The molecule has 0 radical (unpaired) electrons. The van der Waals surface area contributed by atoms with Crippen LogP contribution in [0.4, 0.5) is 0 Å². The van der Waals surface area contributed by atoms with Crippen LogP contribution in [0, 0.1) is 11.8 Å². The van der Waals surface area contributed by atoms with Gasteiger partial charge in [-0.2, -0.15) is 0 Å². The van der Waals surface area contributed by atoms with Crippen molar-refractivity contribution in [3.63, 3.8) is 0 Å². The van der Waals surface area contributed by atoms with Gasteiger partial charge in [-0.1, -0.05) is 54.5 Å². The van der Waals surface area contributed by atoms with Gasteiger partial charge in [0.05, 0.1) is 24.4 Å². The predicted molar refractivity (Wildman–Crippen MR) is 130 cm³/mol. The van der Waals surface area contributed by atoms with Crippen LogP contribution in [-0.2, 0) is 27.2 Å². The van der Waals surface area contributed by atoms with Crippen molar-refractivity contribution < 1.29 is 28.6 Å². The number of aliphatic hydroxyl groups excluding tert-OH is 1. The van der Waals surface area contributed by atoms with Crippen LogP contribution in [0.3, 0.4) is 0 Å². The molecule has 0 saturated carbocycles. The molecule has 0 spiro atoms. The minimum Gasteiger partial charge on any atom is -0.460 e. The fourth-order valence-corrected chi connectivity index (χ4v) is 3.89. The SMILES string of the molecule is CCOC(=O)C#CC(O)CCc1cnc([C@@H]2[C@H](COC(=O)c3ccccc3)N2Cc2ccccc2)o1. The number of nitrogens with zero attached hydrogens (tertiary/aromatic N) is 2. The Bertz CT molecular complexity index is 1210. The Balaban J connectivity index is 1.37. The molecule has 8 nitrogen and oxygen atoms in total. The zero-order valence-electron chi connectivity index (χ0n) is 20.0. The van der Waals surface area contributed by atoms with Crippen LogP contribution in [0.25, 0.3) is 0 Å². The molecular formula is C28H28N2O6. The first kappa shape index (κ1) is 25.2. The molecule has 0 bridgehead atoms. The molecule has 1 aliphatic heterocycles. The van der Waals surface area contributed by atoms with Gasteiger partial charge in [0.25, 0.3) is 0 Å². The summed E-state index contributed by atoms with van der Waals surface area (Å²) in [5, 5.41) is 10.0. The highest BCUT2D eigenvalue weighted by Gasteiger charge is 2.52. The van der Waals surface area contributed by atoms with E-state index in [0.717, 1.165) is 5.56 Å². The number of oxazole rings is 1. The van der Waals surface area contributed by atoms with Crippen molar-refractivity contribution in [2.24, 2.45) is 0 Å². The van der Waals surface area contributed by atoms with Crippen LogP contribution in [0.15, 0.2) is 71.3 Å². The van der Waals surface area contributed by atoms with Crippen molar-refractivity contribution in [1.29, 1.82) is 0 Å². The van der Waals surface area contributed by atoms with E-state index in [1.165, 1.54) is 0 Å². The quantitative estimate of drug-likeness (QED) is 0.201. The minimum absolute atomic E-state index is 0.0644. The third-order valence-corrected chi connectivity index (χ3v) is 5.77. The molecule has 1 saturated heterocycles. The van der Waals surface area contributed by atoms with Crippen LogP contribution in [0.5, 0.6) is 0 Å². The van der Waals surface area contributed by atoms with Crippen LogP contribution in [-0.4, -0.2) is 52.3 Å². The summed E-state index contributed by atoms with van der Waals surface area (Å²) in [6, 6.07) is 18.7. The third-order valence-electron chi connectivity index (χ3n) is 5.77. The molecular weight excluding hydrogens is 460 g/mol. The van der Waals surface area contributed by atoms with Gasteiger partial charge in [0.15, 0.2) is 0 Å². The van der Waals surface area contributed by atoms with E-state index in [9.17, 15) is 14.7 Å². The molecule has 1 N–H and O–H groups in total. The molecule has 186 valence electrons. The number of rotatable bonds is 10. The first-order valence-corrected chi connectivity index (χ1v) is 11.9. The molecule has 8 heteroatoms. The van der Waals surface area contributed by atoms with Gasteiger partial charge < -0.3 is 19.0 Å². The molecule has 1 aromatic heterocycles. The molecule has 1 fully saturated rings. The predicted octanol–water partition coefficient (Wildman–Crippen LogP) is 3.32. The number of hydrogen-bond donors (Lipinski definition) is 1. The highest BCUT2D eigenvalue weighted by atomic mass is 16.5. The Labute approximate surface area is 209 Å². The summed E-state index contributed by atoms with van der Waals surface area (Å²) in [5.41, 5.74) is 1.64. The number of benzene rings is 2. The first-order valence-electron chi connectivity index (χ1n) is 11.9. The lowest BCUT2D eigenvalue weighted by molar-refractivity contribution is -0.136. The number of hydrogen-bond acceptors (Lipinski definition) is 8.